The molecule has 0 amide bonds. The minimum absolute atomic E-state index is 0.0656. The molecule has 1 unspecified atom stereocenters. The Labute approximate surface area is 203 Å². The van der Waals surface area contributed by atoms with Crippen molar-refractivity contribution in [1.29, 1.82) is 0 Å². The number of rotatable bonds is 10. The number of tetrazole rings is 1. The van der Waals surface area contributed by atoms with Crippen molar-refractivity contribution in [2.75, 3.05) is 13.1 Å². The van der Waals surface area contributed by atoms with Crippen LogP contribution in [-0.4, -0.2) is 49.6 Å². The first-order valence-electron chi connectivity index (χ1n) is 9.92. The van der Waals surface area contributed by atoms with Crippen molar-refractivity contribution in [2.45, 2.75) is 37.1 Å². The van der Waals surface area contributed by atoms with Gasteiger partial charge >= 0.3 is 12.1 Å². The minimum Gasteiger partial charge on any atom is -0.377 e. The maximum absolute atomic E-state index is 15.8. The number of nitrogens with zero attached hydrogens (tertiary/aromatic N) is 5. The third kappa shape index (κ3) is 6.21. The van der Waals surface area contributed by atoms with Crippen molar-refractivity contribution in [3.05, 3.63) is 69.1 Å². The molecule has 2 aromatic heterocycles. The molecule has 0 saturated heterocycles. The van der Waals surface area contributed by atoms with E-state index < -0.39 is 42.3 Å². The second-order valence-corrected chi connectivity index (χ2v) is 8.68. The number of benzene rings is 1. The zero-order chi connectivity index (χ0) is 25.0. The molecule has 14 heteroatoms. The summed E-state index contributed by atoms with van der Waals surface area (Å²) in [4.78, 5) is 3.81. The number of nitrogens with one attached hydrogen (secondary N) is 1. The van der Waals surface area contributed by atoms with Crippen LogP contribution in [0.4, 0.5) is 26.3 Å². The number of hydrogen-bond acceptors (Lipinski definition) is 6. The molecule has 0 spiro atoms. The fourth-order valence-electron chi connectivity index (χ4n) is 3.28. The van der Waals surface area contributed by atoms with E-state index in [2.05, 4.69) is 25.8 Å². The van der Waals surface area contributed by atoms with E-state index in [9.17, 15) is 22.7 Å². The van der Waals surface area contributed by atoms with Crippen molar-refractivity contribution < 1.29 is 31.4 Å². The number of pyridine rings is 1. The van der Waals surface area contributed by atoms with Gasteiger partial charge in [0, 0.05) is 15.3 Å². The van der Waals surface area contributed by atoms with E-state index in [0.29, 0.717) is 18.4 Å². The Bertz CT molecular complexity index is 1080. The predicted octanol–water partition coefficient (Wildman–Crippen LogP) is 3.58. The molecule has 2 N–H and O–H groups in total. The summed E-state index contributed by atoms with van der Waals surface area (Å²) in [6, 6.07) is 5.45. The maximum atomic E-state index is 15.8. The highest BCUT2D eigenvalue weighted by Crippen LogP contribution is 2.47. The lowest BCUT2D eigenvalue weighted by Crippen LogP contribution is -2.48. The van der Waals surface area contributed by atoms with Crippen LogP contribution < -0.4 is 5.32 Å². The molecule has 184 valence electrons. The van der Waals surface area contributed by atoms with Crippen molar-refractivity contribution in [3.8, 4) is 0 Å². The predicted molar refractivity (Wildman–Crippen MR) is 116 cm³/mol. The Kier molecular flexibility index (Phi) is 8.13. The van der Waals surface area contributed by atoms with Crippen LogP contribution in [0, 0.1) is 9.39 Å². The fraction of sp³-hybridized carbons (Fsp3) is 0.400. The molecule has 3 rings (SSSR count). The third-order valence-corrected chi connectivity index (χ3v) is 5.86. The summed E-state index contributed by atoms with van der Waals surface area (Å²) in [5.74, 6) is -4.61. The van der Waals surface area contributed by atoms with Crippen LogP contribution in [0.1, 0.15) is 23.2 Å². The summed E-state index contributed by atoms with van der Waals surface area (Å²) in [5, 5.41) is 23.9. The number of halogens is 7. The van der Waals surface area contributed by atoms with Crippen molar-refractivity contribution in [2.24, 2.45) is 0 Å². The van der Waals surface area contributed by atoms with E-state index in [1.54, 1.807) is 22.6 Å². The second-order valence-electron chi connectivity index (χ2n) is 7.51. The Morgan fingerprint density at radius 1 is 1.09 bits per heavy atom. The van der Waals surface area contributed by atoms with Crippen LogP contribution in [-0.2, 0) is 24.5 Å². The van der Waals surface area contributed by atoms with Gasteiger partial charge in [0.25, 0.3) is 0 Å². The Morgan fingerprint density at radius 3 is 2.44 bits per heavy atom. The lowest BCUT2D eigenvalue weighted by Gasteiger charge is -2.36. The smallest absolute Gasteiger partial charge is 0.377 e. The van der Waals surface area contributed by atoms with Crippen LogP contribution in [0.5, 0.6) is 0 Å². The summed E-state index contributed by atoms with van der Waals surface area (Å²) in [5.41, 5.74) is -3.34. The van der Waals surface area contributed by atoms with Gasteiger partial charge < -0.3 is 10.4 Å². The molecule has 0 radical (unpaired) electrons. The second kappa shape index (κ2) is 10.5. The normalized spacial score (nSPS) is 14.2. The van der Waals surface area contributed by atoms with Crippen molar-refractivity contribution in [3.63, 3.8) is 0 Å². The molecule has 1 aromatic carbocycles. The number of aliphatic hydroxyl groups is 1. The number of aryl methyl sites for hydroxylation is 1. The molecule has 0 aliphatic carbocycles. The summed E-state index contributed by atoms with van der Waals surface area (Å²) in [6.45, 7) is -1.77. The third-order valence-electron chi connectivity index (χ3n) is 4.97. The van der Waals surface area contributed by atoms with Crippen molar-refractivity contribution in [1.82, 2.24) is 30.5 Å². The zero-order valence-corrected chi connectivity index (χ0v) is 19.6. The van der Waals surface area contributed by atoms with Crippen LogP contribution in [0.15, 0.2) is 42.9 Å². The standard InChI is InChI=1S/C20H19F6IN6O/c21-14-4-5-15(16(27)8-14)18(34,11-33-12-30-31-32-33)20(25,26)17-6-3-13(9-29-17)2-1-7-28-10-19(22,23)24/h3-6,8-9,12,28,34H,1-2,7,10-11H2. The van der Waals surface area contributed by atoms with E-state index in [0.717, 1.165) is 35.3 Å². The van der Waals surface area contributed by atoms with Crippen LogP contribution in [0.3, 0.4) is 0 Å². The van der Waals surface area contributed by atoms with Crippen LogP contribution >= 0.6 is 22.6 Å². The number of hydrogen-bond donors (Lipinski definition) is 2. The molecule has 0 saturated carbocycles. The Morgan fingerprint density at radius 2 is 1.85 bits per heavy atom. The molecular weight excluding hydrogens is 581 g/mol. The van der Waals surface area contributed by atoms with Gasteiger partial charge in [-0.2, -0.15) is 22.0 Å². The quantitative estimate of drug-likeness (QED) is 0.210. The maximum Gasteiger partial charge on any atom is 0.401 e. The van der Waals surface area contributed by atoms with E-state index in [4.69, 9.17) is 0 Å². The zero-order valence-electron chi connectivity index (χ0n) is 17.4. The van der Waals surface area contributed by atoms with Crippen LogP contribution in [0.25, 0.3) is 0 Å². The highest BCUT2D eigenvalue weighted by molar-refractivity contribution is 14.1. The monoisotopic (exact) mass is 600 g/mol. The van der Waals surface area contributed by atoms with Gasteiger partial charge in [-0.1, -0.05) is 12.1 Å². The van der Waals surface area contributed by atoms with Gasteiger partial charge in [-0.15, -0.1) is 5.10 Å². The SMILES string of the molecule is OC(Cn1cnnn1)(c1ccc(F)cc1I)C(F)(F)c1ccc(CCCNCC(F)(F)F)cn1. The lowest BCUT2D eigenvalue weighted by atomic mass is 9.85. The first-order chi connectivity index (χ1) is 15.9. The number of aromatic nitrogens is 5. The molecule has 0 bridgehead atoms. The first-order valence-corrected chi connectivity index (χ1v) is 11.0. The van der Waals surface area contributed by atoms with Gasteiger partial charge in [-0.3, -0.25) is 4.98 Å². The minimum atomic E-state index is -4.31. The molecule has 34 heavy (non-hydrogen) atoms. The fourth-order valence-corrected chi connectivity index (χ4v) is 4.21. The van der Waals surface area contributed by atoms with Gasteiger partial charge in [0.1, 0.15) is 17.8 Å². The Balaban J connectivity index is 1.82. The molecule has 1 atom stereocenters. The van der Waals surface area contributed by atoms with Gasteiger partial charge in [0.05, 0.1) is 13.1 Å². The molecule has 3 aromatic rings. The summed E-state index contributed by atoms with van der Waals surface area (Å²) in [6.07, 6.45) is -1.42. The molecule has 0 aliphatic rings. The largest absolute Gasteiger partial charge is 0.401 e. The molecule has 2 heterocycles. The van der Waals surface area contributed by atoms with Crippen LogP contribution in [0.2, 0.25) is 0 Å². The average Bonchev–Trinajstić information content (AvgIpc) is 3.25. The van der Waals surface area contributed by atoms with Gasteiger partial charge in [0.15, 0.2) is 5.60 Å². The number of alkyl halides is 5. The summed E-state index contributed by atoms with van der Waals surface area (Å²) in [7, 11) is 0. The van der Waals surface area contributed by atoms with E-state index in [-0.39, 0.29) is 15.7 Å². The van der Waals surface area contributed by atoms with E-state index in [1.807, 2.05) is 0 Å². The van der Waals surface area contributed by atoms with E-state index in [1.165, 1.54) is 12.3 Å². The highest BCUT2D eigenvalue weighted by atomic mass is 127. The van der Waals surface area contributed by atoms with Gasteiger partial charge in [-0.25, -0.2) is 9.07 Å². The van der Waals surface area contributed by atoms with E-state index >= 15 is 8.78 Å². The molecule has 7 nitrogen and oxygen atoms in total. The van der Waals surface area contributed by atoms with Gasteiger partial charge in [0.2, 0.25) is 0 Å². The lowest BCUT2D eigenvalue weighted by molar-refractivity contribution is -0.207. The highest BCUT2D eigenvalue weighted by Gasteiger charge is 2.57. The molecule has 0 fully saturated rings. The summed E-state index contributed by atoms with van der Waals surface area (Å²) >= 11 is 1.65. The Hall–Kier alpha value is -2.33. The topological polar surface area (TPSA) is 88.8 Å². The first kappa shape index (κ1) is 26.3. The molecular formula is C20H19F6IN6O. The average molecular weight is 600 g/mol. The van der Waals surface area contributed by atoms with Gasteiger partial charge in [-0.05, 0) is 76.2 Å². The van der Waals surface area contributed by atoms with Crippen molar-refractivity contribution >= 4 is 22.6 Å². The summed E-state index contributed by atoms with van der Waals surface area (Å²) < 4.78 is 82.5. The molecule has 0 aliphatic heterocycles.